The van der Waals surface area contributed by atoms with Gasteiger partial charge in [0.25, 0.3) is 5.91 Å². The zero-order valence-corrected chi connectivity index (χ0v) is 17.3. The van der Waals surface area contributed by atoms with Gasteiger partial charge < -0.3 is 10.6 Å². The molecule has 0 saturated heterocycles. The van der Waals surface area contributed by atoms with Crippen LogP contribution in [-0.2, 0) is 6.54 Å². The van der Waals surface area contributed by atoms with Gasteiger partial charge >= 0.3 is 6.18 Å². The van der Waals surface area contributed by atoms with Gasteiger partial charge in [-0.3, -0.25) is 4.79 Å². The van der Waals surface area contributed by atoms with Crippen LogP contribution in [0.3, 0.4) is 0 Å². The summed E-state index contributed by atoms with van der Waals surface area (Å²) >= 11 is 6.08. The van der Waals surface area contributed by atoms with Crippen molar-refractivity contribution in [3.8, 4) is 0 Å². The molecule has 3 aromatic rings. The van der Waals surface area contributed by atoms with E-state index < -0.39 is 24.2 Å². The molecule has 162 valence electrons. The van der Waals surface area contributed by atoms with Gasteiger partial charge in [-0.2, -0.15) is 18.3 Å². The van der Waals surface area contributed by atoms with E-state index in [0.29, 0.717) is 10.6 Å². The highest BCUT2D eigenvalue weighted by atomic mass is 35.5. The topological polar surface area (TPSA) is 59.0 Å². The molecule has 1 aromatic heterocycles. The second kappa shape index (κ2) is 8.26. The molecule has 0 aliphatic carbocycles. The van der Waals surface area contributed by atoms with Crippen molar-refractivity contribution >= 4 is 23.3 Å². The number of aryl methyl sites for hydroxylation is 1. The molecule has 0 unspecified atom stereocenters. The Bertz CT molecular complexity index is 1090. The van der Waals surface area contributed by atoms with E-state index in [9.17, 15) is 18.0 Å². The van der Waals surface area contributed by atoms with E-state index in [1.165, 1.54) is 6.07 Å². The molecule has 0 spiro atoms. The third-order valence-electron chi connectivity index (χ3n) is 5.30. The molecule has 0 saturated carbocycles. The number of halogens is 4. The standard InChI is InChI=1S/C22H20ClF3N4O/c1-13-6-8-14(9-7-13)17-10-19(22(24,25)26)30-20(28-17)11-18(29-30)21(31)27-12-15-4-2-3-5-16(15)23/h2-9,11,17,19,28H,10,12H2,1H3,(H,27,31)/t17-,19-/m0/s1. The summed E-state index contributed by atoms with van der Waals surface area (Å²) in [6.45, 7) is 2.06. The largest absolute Gasteiger partial charge is 0.410 e. The molecular weight excluding hydrogens is 429 g/mol. The number of anilines is 1. The third kappa shape index (κ3) is 4.54. The molecule has 31 heavy (non-hydrogen) atoms. The number of nitrogens with zero attached hydrogens (tertiary/aromatic N) is 2. The van der Waals surface area contributed by atoms with Crippen LogP contribution in [0.4, 0.5) is 19.0 Å². The first-order chi connectivity index (χ1) is 14.7. The Morgan fingerprint density at radius 2 is 1.94 bits per heavy atom. The predicted molar refractivity (Wildman–Crippen MR) is 112 cm³/mol. The summed E-state index contributed by atoms with van der Waals surface area (Å²) in [5.74, 6) is -0.418. The average molecular weight is 449 g/mol. The Morgan fingerprint density at radius 1 is 1.23 bits per heavy atom. The first kappa shape index (κ1) is 21.2. The summed E-state index contributed by atoms with van der Waals surface area (Å²) in [6, 6.07) is 13.3. The van der Waals surface area contributed by atoms with Gasteiger partial charge in [0.05, 0.1) is 6.04 Å². The minimum atomic E-state index is -4.50. The number of fused-ring (bicyclic) bond motifs is 1. The number of nitrogens with one attached hydrogen (secondary N) is 2. The number of alkyl halides is 3. The molecule has 1 amide bonds. The Balaban J connectivity index is 1.58. The van der Waals surface area contributed by atoms with Crippen molar-refractivity contribution in [2.45, 2.75) is 38.1 Å². The lowest BCUT2D eigenvalue weighted by molar-refractivity contribution is -0.173. The van der Waals surface area contributed by atoms with Crippen molar-refractivity contribution in [2.75, 3.05) is 5.32 Å². The van der Waals surface area contributed by atoms with Gasteiger partial charge in [0.15, 0.2) is 11.7 Å². The van der Waals surface area contributed by atoms with E-state index >= 15 is 0 Å². The van der Waals surface area contributed by atoms with Crippen LogP contribution >= 0.6 is 11.6 Å². The first-order valence-electron chi connectivity index (χ1n) is 9.73. The van der Waals surface area contributed by atoms with Crippen molar-refractivity contribution in [2.24, 2.45) is 0 Å². The van der Waals surface area contributed by atoms with E-state index in [1.807, 2.05) is 31.2 Å². The molecule has 1 aliphatic rings. The van der Waals surface area contributed by atoms with Gasteiger partial charge in [-0.25, -0.2) is 4.68 Å². The Labute approximate surface area is 182 Å². The summed E-state index contributed by atoms with van der Waals surface area (Å²) in [5, 5.41) is 10.2. The van der Waals surface area contributed by atoms with Crippen LogP contribution in [0, 0.1) is 6.92 Å². The van der Waals surface area contributed by atoms with Crippen LogP contribution in [0.5, 0.6) is 0 Å². The number of hydrogen-bond acceptors (Lipinski definition) is 3. The fourth-order valence-electron chi connectivity index (χ4n) is 3.61. The number of carbonyl (C=O) groups is 1. The summed E-state index contributed by atoms with van der Waals surface area (Å²) < 4.78 is 42.2. The van der Waals surface area contributed by atoms with Crippen LogP contribution in [-0.4, -0.2) is 21.9 Å². The van der Waals surface area contributed by atoms with Crippen LogP contribution < -0.4 is 10.6 Å². The zero-order valence-electron chi connectivity index (χ0n) is 16.6. The Kier molecular flexibility index (Phi) is 5.66. The van der Waals surface area contributed by atoms with E-state index in [0.717, 1.165) is 15.8 Å². The Hall–Kier alpha value is -3.00. The van der Waals surface area contributed by atoms with E-state index in [1.54, 1.807) is 24.3 Å². The Morgan fingerprint density at radius 3 is 2.61 bits per heavy atom. The molecule has 2 atom stereocenters. The van der Waals surface area contributed by atoms with Crippen LogP contribution in [0.15, 0.2) is 54.6 Å². The van der Waals surface area contributed by atoms with Gasteiger partial charge in [0.1, 0.15) is 5.82 Å². The lowest BCUT2D eigenvalue weighted by Gasteiger charge is -2.33. The smallest absolute Gasteiger partial charge is 0.363 e. The van der Waals surface area contributed by atoms with Gasteiger partial charge in [-0.05, 0) is 24.1 Å². The number of hydrogen-bond donors (Lipinski definition) is 2. The fraction of sp³-hybridized carbons (Fsp3) is 0.273. The molecule has 2 heterocycles. The lowest BCUT2D eigenvalue weighted by atomic mass is 9.96. The first-order valence-corrected chi connectivity index (χ1v) is 10.1. The average Bonchev–Trinajstić information content (AvgIpc) is 3.16. The SMILES string of the molecule is Cc1ccc([C@@H]2C[C@@H](C(F)(F)F)n3nc(C(=O)NCc4ccccc4Cl)cc3N2)cc1. The van der Waals surface area contributed by atoms with Crippen molar-refractivity contribution in [3.05, 3.63) is 82.0 Å². The summed E-state index contributed by atoms with van der Waals surface area (Å²) in [6.07, 6.45) is -4.72. The maximum atomic E-state index is 13.8. The van der Waals surface area contributed by atoms with Gasteiger partial charge in [0, 0.05) is 24.1 Å². The molecule has 4 rings (SSSR count). The quantitative estimate of drug-likeness (QED) is 0.559. The normalized spacial score (nSPS) is 18.2. The molecule has 5 nitrogen and oxygen atoms in total. The number of aromatic nitrogens is 2. The van der Waals surface area contributed by atoms with Crippen LogP contribution in [0.25, 0.3) is 0 Å². The van der Waals surface area contributed by atoms with Crippen molar-refractivity contribution in [3.63, 3.8) is 0 Å². The van der Waals surface area contributed by atoms with Crippen LogP contribution in [0.2, 0.25) is 5.02 Å². The molecule has 9 heteroatoms. The summed E-state index contributed by atoms with van der Waals surface area (Å²) in [5.41, 5.74) is 2.38. The van der Waals surface area contributed by atoms with E-state index in [-0.39, 0.29) is 24.5 Å². The molecule has 2 N–H and O–H groups in total. The number of rotatable bonds is 4. The van der Waals surface area contributed by atoms with Crippen molar-refractivity contribution in [1.82, 2.24) is 15.1 Å². The van der Waals surface area contributed by atoms with E-state index in [2.05, 4.69) is 15.7 Å². The van der Waals surface area contributed by atoms with Crippen molar-refractivity contribution < 1.29 is 18.0 Å². The third-order valence-corrected chi connectivity index (χ3v) is 5.67. The number of benzene rings is 2. The van der Waals surface area contributed by atoms with Gasteiger partial charge in [-0.1, -0.05) is 59.6 Å². The van der Waals surface area contributed by atoms with Gasteiger partial charge in [-0.15, -0.1) is 0 Å². The highest BCUT2D eigenvalue weighted by Gasteiger charge is 2.46. The summed E-state index contributed by atoms with van der Waals surface area (Å²) in [4.78, 5) is 12.6. The minimum Gasteiger partial charge on any atom is -0.363 e. The van der Waals surface area contributed by atoms with Crippen LogP contribution in [0.1, 0.15) is 45.7 Å². The number of carbonyl (C=O) groups excluding carboxylic acids is 1. The highest BCUT2D eigenvalue weighted by molar-refractivity contribution is 6.31. The highest BCUT2D eigenvalue weighted by Crippen LogP contribution is 2.43. The van der Waals surface area contributed by atoms with Gasteiger partial charge in [0.2, 0.25) is 0 Å². The molecule has 2 aromatic carbocycles. The summed E-state index contributed by atoms with van der Waals surface area (Å²) in [7, 11) is 0. The second-order valence-corrected chi connectivity index (χ2v) is 7.94. The van der Waals surface area contributed by atoms with E-state index in [4.69, 9.17) is 11.6 Å². The zero-order chi connectivity index (χ0) is 22.2. The fourth-order valence-corrected chi connectivity index (χ4v) is 3.81. The molecule has 0 radical (unpaired) electrons. The number of amides is 1. The second-order valence-electron chi connectivity index (χ2n) is 7.53. The molecular formula is C22H20ClF3N4O. The maximum absolute atomic E-state index is 13.8. The molecule has 0 bridgehead atoms. The lowest BCUT2D eigenvalue weighted by Crippen LogP contribution is -2.35. The maximum Gasteiger partial charge on any atom is 0.410 e. The van der Waals surface area contributed by atoms with Crippen molar-refractivity contribution in [1.29, 1.82) is 0 Å². The minimum absolute atomic E-state index is 0.0895. The molecule has 0 fully saturated rings. The predicted octanol–water partition coefficient (Wildman–Crippen LogP) is 5.44. The monoisotopic (exact) mass is 448 g/mol. The molecule has 1 aliphatic heterocycles.